The van der Waals surface area contributed by atoms with Gasteiger partial charge in [0.15, 0.2) is 0 Å². The highest BCUT2D eigenvalue weighted by Crippen LogP contribution is 2.12. The van der Waals surface area contributed by atoms with E-state index in [0.29, 0.717) is 5.15 Å². The van der Waals surface area contributed by atoms with Crippen molar-refractivity contribution in [3.63, 3.8) is 0 Å². The molecule has 4 heteroatoms. The summed E-state index contributed by atoms with van der Waals surface area (Å²) in [4.78, 5) is 6.40. The minimum absolute atomic E-state index is 0.579. The van der Waals surface area contributed by atoms with E-state index in [4.69, 9.17) is 11.6 Å². The second-order valence-electron chi connectivity index (χ2n) is 3.31. The van der Waals surface area contributed by atoms with Crippen molar-refractivity contribution in [1.29, 1.82) is 0 Å². The van der Waals surface area contributed by atoms with Gasteiger partial charge in [-0.25, -0.2) is 4.98 Å². The number of pyridine rings is 1. The van der Waals surface area contributed by atoms with Crippen LogP contribution in [0.3, 0.4) is 0 Å². The Hall–Kier alpha value is -0.250. The zero-order valence-electron chi connectivity index (χ0n) is 8.53. The Morgan fingerprint density at radius 1 is 1.43 bits per heavy atom. The molecule has 78 valence electrons. The normalized spacial score (nSPS) is 10.9. The van der Waals surface area contributed by atoms with Gasteiger partial charge in [0.05, 0.1) is 5.69 Å². The predicted molar refractivity (Wildman–Crippen MR) is 64.0 cm³/mol. The first-order valence-electron chi connectivity index (χ1n) is 4.52. The quantitative estimate of drug-likeness (QED) is 0.571. The van der Waals surface area contributed by atoms with Gasteiger partial charge in [0.2, 0.25) is 0 Å². The molecular weight excluding hydrogens is 216 g/mol. The van der Waals surface area contributed by atoms with E-state index < -0.39 is 0 Å². The summed E-state index contributed by atoms with van der Waals surface area (Å²) in [5.41, 5.74) is 1.06. The third-order valence-corrected chi connectivity index (χ3v) is 2.89. The van der Waals surface area contributed by atoms with Gasteiger partial charge in [-0.1, -0.05) is 17.7 Å². The number of hydrogen-bond acceptors (Lipinski definition) is 3. The standard InChI is InChI=1S/C10H15ClN2S/c1-13(2)6-7-14-8-9-4-3-5-10(11)12-9/h3-5H,6-8H2,1-2H3. The summed E-state index contributed by atoms with van der Waals surface area (Å²) in [6.07, 6.45) is 0. The molecule has 0 N–H and O–H groups in total. The Morgan fingerprint density at radius 2 is 2.21 bits per heavy atom. The van der Waals surface area contributed by atoms with Gasteiger partial charge in [-0.05, 0) is 26.2 Å². The van der Waals surface area contributed by atoms with Gasteiger partial charge >= 0.3 is 0 Å². The van der Waals surface area contributed by atoms with E-state index in [1.165, 1.54) is 0 Å². The third-order valence-electron chi connectivity index (χ3n) is 1.71. The topological polar surface area (TPSA) is 16.1 Å². The molecule has 1 heterocycles. The molecule has 0 amide bonds. The van der Waals surface area contributed by atoms with Crippen molar-refractivity contribution in [1.82, 2.24) is 9.88 Å². The van der Waals surface area contributed by atoms with Gasteiger partial charge < -0.3 is 4.90 Å². The van der Waals surface area contributed by atoms with Crippen LogP contribution >= 0.6 is 23.4 Å². The molecule has 2 nitrogen and oxygen atoms in total. The molecule has 0 aliphatic heterocycles. The fraction of sp³-hybridized carbons (Fsp3) is 0.500. The first-order valence-corrected chi connectivity index (χ1v) is 6.05. The van der Waals surface area contributed by atoms with E-state index in [2.05, 4.69) is 24.0 Å². The van der Waals surface area contributed by atoms with Crippen LogP contribution in [0.4, 0.5) is 0 Å². The van der Waals surface area contributed by atoms with Crippen LogP contribution in [0.15, 0.2) is 18.2 Å². The minimum Gasteiger partial charge on any atom is -0.309 e. The van der Waals surface area contributed by atoms with Crippen LogP contribution in [-0.4, -0.2) is 36.3 Å². The van der Waals surface area contributed by atoms with Crippen molar-refractivity contribution in [2.24, 2.45) is 0 Å². The van der Waals surface area contributed by atoms with Crippen LogP contribution in [0.5, 0.6) is 0 Å². The van der Waals surface area contributed by atoms with E-state index in [-0.39, 0.29) is 0 Å². The molecule has 0 aromatic carbocycles. The minimum atomic E-state index is 0.579. The molecule has 1 aromatic heterocycles. The van der Waals surface area contributed by atoms with Crippen molar-refractivity contribution in [3.05, 3.63) is 29.0 Å². The molecule has 0 saturated carbocycles. The summed E-state index contributed by atoms with van der Waals surface area (Å²) < 4.78 is 0. The maximum absolute atomic E-state index is 5.78. The van der Waals surface area contributed by atoms with Crippen molar-refractivity contribution in [3.8, 4) is 0 Å². The van der Waals surface area contributed by atoms with E-state index in [9.17, 15) is 0 Å². The molecule has 0 aliphatic rings. The second kappa shape index (κ2) is 6.27. The number of halogens is 1. The van der Waals surface area contributed by atoms with E-state index in [0.717, 1.165) is 23.7 Å². The Balaban J connectivity index is 2.25. The fourth-order valence-electron chi connectivity index (χ4n) is 0.955. The van der Waals surface area contributed by atoms with Crippen molar-refractivity contribution < 1.29 is 0 Å². The zero-order chi connectivity index (χ0) is 10.4. The highest BCUT2D eigenvalue weighted by Gasteiger charge is 1.96. The van der Waals surface area contributed by atoms with Crippen LogP contribution in [-0.2, 0) is 5.75 Å². The fourth-order valence-corrected chi connectivity index (χ4v) is 2.14. The number of nitrogens with zero attached hydrogens (tertiary/aromatic N) is 2. The monoisotopic (exact) mass is 230 g/mol. The molecule has 0 spiro atoms. The summed E-state index contributed by atoms with van der Waals surface area (Å²) >= 11 is 7.66. The van der Waals surface area contributed by atoms with Gasteiger partial charge in [0.1, 0.15) is 5.15 Å². The van der Waals surface area contributed by atoms with E-state index in [1.807, 2.05) is 23.9 Å². The van der Waals surface area contributed by atoms with Crippen LogP contribution < -0.4 is 0 Å². The summed E-state index contributed by atoms with van der Waals surface area (Å²) in [6.45, 7) is 1.10. The van der Waals surface area contributed by atoms with E-state index >= 15 is 0 Å². The maximum atomic E-state index is 5.78. The molecule has 14 heavy (non-hydrogen) atoms. The second-order valence-corrected chi connectivity index (χ2v) is 4.80. The Labute approximate surface area is 94.7 Å². The van der Waals surface area contributed by atoms with Gasteiger partial charge in [0.25, 0.3) is 0 Å². The smallest absolute Gasteiger partial charge is 0.129 e. The Bertz CT molecular complexity index is 279. The van der Waals surface area contributed by atoms with Gasteiger partial charge in [-0.15, -0.1) is 0 Å². The van der Waals surface area contributed by atoms with Crippen molar-refractivity contribution in [2.45, 2.75) is 5.75 Å². The van der Waals surface area contributed by atoms with Crippen LogP contribution in [0.25, 0.3) is 0 Å². The first kappa shape index (κ1) is 11.8. The lowest BCUT2D eigenvalue weighted by Crippen LogP contribution is -2.14. The molecule has 1 rings (SSSR count). The molecule has 0 bridgehead atoms. The number of hydrogen-bond donors (Lipinski definition) is 0. The maximum Gasteiger partial charge on any atom is 0.129 e. The Kier molecular flexibility index (Phi) is 5.30. The third kappa shape index (κ3) is 4.84. The predicted octanol–water partition coefficient (Wildman–Crippen LogP) is 2.53. The number of aromatic nitrogens is 1. The van der Waals surface area contributed by atoms with Gasteiger partial charge in [0, 0.05) is 18.1 Å². The molecule has 0 saturated heterocycles. The largest absolute Gasteiger partial charge is 0.309 e. The SMILES string of the molecule is CN(C)CCSCc1cccc(Cl)n1. The van der Waals surface area contributed by atoms with Crippen molar-refractivity contribution in [2.75, 3.05) is 26.4 Å². The molecule has 0 unspecified atom stereocenters. The number of rotatable bonds is 5. The lowest BCUT2D eigenvalue weighted by molar-refractivity contribution is 0.437. The summed E-state index contributed by atoms with van der Waals surface area (Å²) in [5, 5.41) is 0.579. The summed E-state index contributed by atoms with van der Waals surface area (Å²) in [5.74, 6) is 2.07. The molecular formula is C10H15ClN2S. The Morgan fingerprint density at radius 3 is 2.86 bits per heavy atom. The molecule has 0 radical (unpaired) electrons. The molecule has 0 aliphatic carbocycles. The zero-order valence-corrected chi connectivity index (χ0v) is 10.1. The van der Waals surface area contributed by atoms with Gasteiger partial charge in [-0.2, -0.15) is 11.8 Å². The molecule has 0 atom stereocenters. The number of thioether (sulfide) groups is 1. The lowest BCUT2D eigenvalue weighted by atomic mass is 10.4. The summed E-state index contributed by atoms with van der Waals surface area (Å²) in [7, 11) is 4.16. The average molecular weight is 231 g/mol. The van der Waals surface area contributed by atoms with Crippen LogP contribution in [0, 0.1) is 0 Å². The summed E-state index contributed by atoms with van der Waals surface area (Å²) in [6, 6.07) is 5.75. The van der Waals surface area contributed by atoms with E-state index in [1.54, 1.807) is 6.07 Å². The average Bonchev–Trinajstić information content (AvgIpc) is 2.12. The highest BCUT2D eigenvalue weighted by molar-refractivity contribution is 7.98. The van der Waals surface area contributed by atoms with Crippen LogP contribution in [0.2, 0.25) is 5.15 Å². The highest BCUT2D eigenvalue weighted by atomic mass is 35.5. The first-order chi connectivity index (χ1) is 6.68. The molecule has 1 aromatic rings. The van der Waals surface area contributed by atoms with Crippen LogP contribution in [0.1, 0.15) is 5.69 Å². The van der Waals surface area contributed by atoms with Gasteiger partial charge in [-0.3, -0.25) is 0 Å². The van der Waals surface area contributed by atoms with Crippen molar-refractivity contribution >= 4 is 23.4 Å². The molecule has 0 fully saturated rings. The lowest BCUT2D eigenvalue weighted by Gasteiger charge is -2.08.